The highest BCUT2D eigenvalue weighted by molar-refractivity contribution is 7.07. The number of fused-ring (bicyclic) bond motifs is 4. The van der Waals surface area contributed by atoms with Crippen LogP contribution in [0.2, 0.25) is 5.02 Å². The van der Waals surface area contributed by atoms with Crippen LogP contribution < -0.4 is 24.4 Å². The van der Waals surface area contributed by atoms with Crippen LogP contribution in [0.15, 0.2) is 125 Å². The minimum Gasteiger partial charge on any atom is -0.490 e. The van der Waals surface area contributed by atoms with Gasteiger partial charge in [-0.2, -0.15) is 0 Å². The summed E-state index contributed by atoms with van der Waals surface area (Å²) in [5.74, 6) is 1.29. The number of ether oxygens (including phenoxy) is 2. The van der Waals surface area contributed by atoms with Gasteiger partial charge in [0.2, 0.25) is 0 Å². The van der Waals surface area contributed by atoms with Crippen molar-refractivity contribution >= 4 is 45.5 Å². The summed E-state index contributed by atoms with van der Waals surface area (Å²) in [5, 5.41) is 2.98. The first-order chi connectivity index (χ1) is 23.1. The lowest BCUT2D eigenvalue weighted by molar-refractivity contribution is 0.270. The number of aromatic nitrogens is 1. The second-order valence-electron chi connectivity index (χ2n) is 11.7. The van der Waals surface area contributed by atoms with Crippen molar-refractivity contribution in [2.24, 2.45) is 4.99 Å². The topological polar surface area (TPSA) is 52.8 Å². The average Bonchev–Trinajstić information content (AvgIpc) is 3.41. The number of benzene rings is 5. The van der Waals surface area contributed by atoms with Crippen LogP contribution in [0.25, 0.3) is 22.5 Å². The molecule has 0 unspecified atom stereocenters. The first kappa shape index (κ1) is 29.5. The first-order valence-corrected chi connectivity index (χ1v) is 17.0. The number of aryl methyl sites for hydroxylation is 1. The smallest absolute Gasteiger partial charge is 0.271 e. The predicted molar refractivity (Wildman–Crippen MR) is 190 cm³/mol. The van der Waals surface area contributed by atoms with E-state index in [1.807, 2.05) is 72.2 Å². The van der Waals surface area contributed by atoms with Gasteiger partial charge >= 0.3 is 0 Å². The number of rotatable bonds is 7. The van der Waals surface area contributed by atoms with Crippen LogP contribution in [0.4, 0.5) is 0 Å². The molecule has 0 radical (unpaired) electrons. The number of nitrogens with zero attached hydrogens (tertiary/aromatic N) is 2. The van der Waals surface area contributed by atoms with Gasteiger partial charge in [-0.15, -0.1) is 0 Å². The van der Waals surface area contributed by atoms with Crippen molar-refractivity contribution in [1.82, 2.24) is 4.57 Å². The minimum absolute atomic E-state index is 0.0849. The Morgan fingerprint density at radius 3 is 2.60 bits per heavy atom. The zero-order chi connectivity index (χ0) is 31.9. The molecule has 1 aromatic heterocycles. The van der Waals surface area contributed by atoms with Crippen molar-refractivity contribution in [1.29, 1.82) is 0 Å². The summed E-state index contributed by atoms with van der Waals surface area (Å²) < 4.78 is 14.8. The number of thiazole rings is 1. The van der Waals surface area contributed by atoms with Gasteiger partial charge < -0.3 is 9.47 Å². The van der Waals surface area contributed by atoms with E-state index in [2.05, 4.69) is 54.6 Å². The van der Waals surface area contributed by atoms with Crippen molar-refractivity contribution in [3.63, 3.8) is 0 Å². The van der Waals surface area contributed by atoms with Crippen molar-refractivity contribution in [2.75, 3.05) is 6.61 Å². The minimum atomic E-state index is -0.325. The fourth-order valence-corrected chi connectivity index (χ4v) is 7.96. The lowest BCUT2D eigenvalue weighted by Crippen LogP contribution is -2.38. The summed E-state index contributed by atoms with van der Waals surface area (Å²) >= 11 is 8.20. The Balaban J connectivity index is 1.20. The third kappa shape index (κ3) is 5.37. The van der Waals surface area contributed by atoms with Gasteiger partial charge in [-0.3, -0.25) is 9.36 Å². The third-order valence-corrected chi connectivity index (χ3v) is 10.2. The maximum absolute atomic E-state index is 14.2. The summed E-state index contributed by atoms with van der Waals surface area (Å²) in [5.41, 5.74) is 7.27. The van der Waals surface area contributed by atoms with E-state index in [9.17, 15) is 4.79 Å². The molecule has 2 heterocycles. The Kier molecular flexibility index (Phi) is 7.76. The Labute approximate surface area is 281 Å². The van der Waals surface area contributed by atoms with Crippen molar-refractivity contribution in [3.05, 3.63) is 167 Å². The average molecular weight is 655 g/mol. The molecular weight excluding hydrogens is 624 g/mol. The summed E-state index contributed by atoms with van der Waals surface area (Å²) in [6.07, 6.45) is 3.62. The Morgan fingerprint density at radius 2 is 1.70 bits per heavy atom. The molecule has 1 aliphatic carbocycles. The van der Waals surface area contributed by atoms with Crippen LogP contribution in [0.5, 0.6) is 11.5 Å². The van der Waals surface area contributed by atoms with Gasteiger partial charge in [0.15, 0.2) is 16.3 Å². The normalized spacial score (nSPS) is 15.5. The van der Waals surface area contributed by atoms with Crippen molar-refractivity contribution < 1.29 is 9.47 Å². The molecule has 5 nitrogen and oxygen atoms in total. The van der Waals surface area contributed by atoms with E-state index in [4.69, 9.17) is 26.1 Å². The van der Waals surface area contributed by atoms with Crippen LogP contribution >= 0.6 is 22.9 Å². The van der Waals surface area contributed by atoms with Crippen LogP contribution in [0, 0.1) is 0 Å². The standard InChI is InChI=1S/C40H31ClN2O3S/c1-2-45-35-22-25(18-21-34(35)46-24-28-13-9-12-26-10-3-5-14-29(26)28)23-36-39(44)43-38(31-16-7-8-17-33(31)41)32-20-19-27-11-4-6-15-30(27)37(32)42-40(43)47-36/h3-18,21-23,38H,2,19-20,24H2,1H3/b36-23+/t38-/m0/s1. The third-order valence-electron chi connectivity index (χ3n) is 8.90. The maximum atomic E-state index is 14.2. The molecule has 7 heteroatoms. The zero-order valence-electron chi connectivity index (χ0n) is 25.8. The van der Waals surface area contributed by atoms with Gasteiger partial charge in [0.05, 0.1) is 22.9 Å². The maximum Gasteiger partial charge on any atom is 0.271 e. The van der Waals surface area contributed by atoms with Gasteiger partial charge in [-0.1, -0.05) is 114 Å². The number of halogens is 1. The van der Waals surface area contributed by atoms with Gasteiger partial charge in [0.1, 0.15) is 6.61 Å². The molecular formula is C40H31ClN2O3S. The van der Waals surface area contributed by atoms with Crippen LogP contribution in [-0.2, 0) is 13.0 Å². The van der Waals surface area contributed by atoms with Gasteiger partial charge in [-0.25, -0.2) is 4.99 Å². The molecule has 0 fully saturated rings. The van der Waals surface area contributed by atoms with Crippen molar-refractivity contribution in [3.8, 4) is 11.5 Å². The molecule has 1 aliphatic heterocycles. The van der Waals surface area contributed by atoms with E-state index >= 15 is 0 Å². The van der Waals surface area contributed by atoms with Crippen LogP contribution in [-0.4, -0.2) is 11.2 Å². The second kappa shape index (κ2) is 12.4. The molecule has 2 aliphatic rings. The fraction of sp³-hybridized carbons (Fsp3) is 0.150. The largest absolute Gasteiger partial charge is 0.490 e. The van der Waals surface area contributed by atoms with E-state index in [1.165, 1.54) is 27.7 Å². The zero-order valence-corrected chi connectivity index (χ0v) is 27.4. The highest BCUT2D eigenvalue weighted by Gasteiger charge is 2.33. The molecule has 47 heavy (non-hydrogen) atoms. The van der Waals surface area contributed by atoms with Gasteiger partial charge in [0, 0.05) is 10.6 Å². The SMILES string of the molecule is CCOc1cc(/C=c2/sc3n(c2=O)[C@@H](c2ccccc2Cl)C2=C(N=3)c3ccccc3CC2)ccc1OCc1cccc2ccccc12. The Morgan fingerprint density at radius 1 is 0.894 bits per heavy atom. The summed E-state index contributed by atoms with van der Waals surface area (Å²) in [6.45, 7) is 2.85. The predicted octanol–water partition coefficient (Wildman–Crippen LogP) is 8.10. The molecule has 0 spiro atoms. The molecule has 0 bridgehead atoms. The van der Waals surface area contributed by atoms with E-state index in [0.717, 1.165) is 46.4 Å². The number of hydrogen-bond acceptors (Lipinski definition) is 5. The second-order valence-corrected chi connectivity index (χ2v) is 13.1. The Hall–Kier alpha value is -4.91. The molecule has 0 saturated heterocycles. The highest BCUT2D eigenvalue weighted by atomic mass is 35.5. The number of hydrogen-bond donors (Lipinski definition) is 0. The monoisotopic (exact) mass is 654 g/mol. The summed E-state index contributed by atoms with van der Waals surface area (Å²) in [4.78, 5) is 20.0. The molecule has 6 aromatic rings. The lowest BCUT2D eigenvalue weighted by atomic mass is 9.83. The quantitative estimate of drug-likeness (QED) is 0.175. The molecule has 0 N–H and O–H groups in total. The van der Waals surface area contributed by atoms with E-state index in [-0.39, 0.29) is 11.6 Å². The first-order valence-electron chi connectivity index (χ1n) is 15.8. The van der Waals surface area contributed by atoms with Crippen molar-refractivity contribution in [2.45, 2.75) is 32.4 Å². The van der Waals surface area contributed by atoms with Crippen LogP contribution in [0.1, 0.15) is 47.2 Å². The number of allylic oxidation sites excluding steroid dienone is 1. The molecule has 0 saturated carbocycles. The molecule has 0 amide bonds. The van der Waals surface area contributed by atoms with E-state index in [0.29, 0.717) is 39.1 Å². The lowest BCUT2D eigenvalue weighted by Gasteiger charge is -2.31. The summed E-state index contributed by atoms with van der Waals surface area (Å²) in [6, 6.07) is 36.3. The highest BCUT2D eigenvalue weighted by Crippen LogP contribution is 2.42. The van der Waals surface area contributed by atoms with Gasteiger partial charge in [0.25, 0.3) is 5.56 Å². The van der Waals surface area contributed by atoms with Gasteiger partial charge in [-0.05, 0) is 82.6 Å². The fourth-order valence-electron chi connectivity index (χ4n) is 6.72. The van der Waals surface area contributed by atoms with E-state index in [1.54, 1.807) is 0 Å². The van der Waals surface area contributed by atoms with Crippen LogP contribution in [0.3, 0.4) is 0 Å². The molecule has 1 atom stereocenters. The molecule has 232 valence electrons. The van der Waals surface area contributed by atoms with E-state index < -0.39 is 0 Å². The summed E-state index contributed by atoms with van der Waals surface area (Å²) in [7, 11) is 0. The Bertz CT molecular complexity index is 2380. The molecule has 8 rings (SSSR count). The molecule has 5 aromatic carbocycles.